The first kappa shape index (κ1) is 8.33. The molecule has 0 bridgehead atoms. The van der Waals surface area contributed by atoms with Gasteiger partial charge in [-0.05, 0) is 13.8 Å². The molecule has 4 nitrogen and oxygen atoms in total. The van der Waals surface area contributed by atoms with Crippen molar-refractivity contribution in [2.75, 3.05) is 13.1 Å². The van der Waals surface area contributed by atoms with Crippen molar-refractivity contribution >= 4 is 6.09 Å². The highest BCUT2D eigenvalue weighted by Crippen LogP contribution is 2.10. The first-order valence-electron chi connectivity index (χ1n) is 3.73. The average Bonchev–Trinajstić information content (AvgIpc) is 2.09. The second-order valence-corrected chi connectivity index (χ2v) is 2.95. The lowest BCUT2D eigenvalue weighted by Gasteiger charge is -2.13. The number of cyclic esters (lactones) is 1. The molecule has 0 radical (unpaired) electrons. The summed E-state index contributed by atoms with van der Waals surface area (Å²) in [6.45, 7) is 4.43. The standard InChI is InChI=1S/C7H13NO3/c1-5(9)3-8-4-6(2)11-7(8)10/h5-6,9H,3-4H2,1-2H3/t5-,6-/m1/s1. The van der Waals surface area contributed by atoms with Crippen molar-refractivity contribution in [3.05, 3.63) is 0 Å². The highest BCUT2D eigenvalue weighted by molar-refractivity contribution is 5.69. The molecule has 0 aromatic rings. The predicted molar refractivity (Wildman–Crippen MR) is 39.2 cm³/mol. The third kappa shape index (κ3) is 2.08. The van der Waals surface area contributed by atoms with Gasteiger partial charge in [0.2, 0.25) is 0 Å². The summed E-state index contributed by atoms with van der Waals surface area (Å²) < 4.78 is 4.85. The van der Waals surface area contributed by atoms with Crippen LogP contribution in [0.2, 0.25) is 0 Å². The van der Waals surface area contributed by atoms with Gasteiger partial charge >= 0.3 is 6.09 Å². The van der Waals surface area contributed by atoms with Crippen LogP contribution in [0.4, 0.5) is 4.79 Å². The molecule has 0 unspecified atom stereocenters. The van der Waals surface area contributed by atoms with Gasteiger partial charge in [-0.3, -0.25) is 0 Å². The van der Waals surface area contributed by atoms with Gasteiger partial charge in [0.25, 0.3) is 0 Å². The van der Waals surface area contributed by atoms with E-state index in [0.29, 0.717) is 13.1 Å². The molecule has 0 spiro atoms. The van der Waals surface area contributed by atoms with Crippen LogP contribution in [-0.2, 0) is 4.74 Å². The lowest BCUT2D eigenvalue weighted by Crippen LogP contribution is -2.31. The smallest absolute Gasteiger partial charge is 0.410 e. The largest absolute Gasteiger partial charge is 0.445 e. The Morgan fingerprint density at radius 2 is 2.55 bits per heavy atom. The normalized spacial score (nSPS) is 27.0. The zero-order chi connectivity index (χ0) is 8.43. The number of aliphatic hydroxyl groups is 1. The molecule has 1 saturated heterocycles. The van der Waals surface area contributed by atoms with Crippen molar-refractivity contribution in [3.8, 4) is 0 Å². The molecule has 0 aromatic carbocycles. The average molecular weight is 159 g/mol. The molecule has 2 atom stereocenters. The number of β-amino-alcohol motifs (C(OH)–C–C–N with tert-alkyl or cyclic N) is 1. The lowest BCUT2D eigenvalue weighted by molar-refractivity contribution is 0.121. The van der Waals surface area contributed by atoms with Crippen LogP contribution in [0.3, 0.4) is 0 Å². The van der Waals surface area contributed by atoms with Crippen LogP contribution in [0, 0.1) is 0 Å². The summed E-state index contributed by atoms with van der Waals surface area (Å²) >= 11 is 0. The molecule has 4 heteroatoms. The first-order chi connectivity index (χ1) is 5.09. The molecule has 1 amide bonds. The Kier molecular flexibility index (Phi) is 2.34. The van der Waals surface area contributed by atoms with E-state index >= 15 is 0 Å². The SMILES string of the molecule is C[C@@H]1CN(C[C@@H](C)O)C(=O)O1. The van der Waals surface area contributed by atoms with Crippen LogP contribution >= 0.6 is 0 Å². The third-order valence-corrected chi connectivity index (χ3v) is 1.52. The minimum absolute atomic E-state index is 0.0405. The Balaban J connectivity index is 2.41. The summed E-state index contributed by atoms with van der Waals surface area (Å²) in [6.07, 6.45) is -0.840. The van der Waals surface area contributed by atoms with Gasteiger partial charge in [0, 0.05) is 6.54 Å². The Labute approximate surface area is 65.8 Å². The van der Waals surface area contributed by atoms with E-state index in [0.717, 1.165) is 0 Å². The van der Waals surface area contributed by atoms with E-state index in [4.69, 9.17) is 9.84 Å². The molecule has 0 aromatic heterocycles. The minimum Gasteiger partial charge on any atom is -0.445 e. The van der Waals surface area contributed by atoms with Gasteiger partial charge in [0.05, 0.1) is 12.6 Å². The summed E-state index contributed by atoms with van der Waals surface area (Å²) in [6, 6.07) is 0. The molecule has 1 fully saturated rings. The number of carbonyl (C=O) groups is 1. The molecule has 64 valence electrons. The van der Waals surface area contributed by atoms with Gasteiger partial charge in [0.15, 0.2) is 0 Å². The summed E-state index contributed by atoms with van der Waals surface area (Å²) in [5, 5.41) is 8.97. The number of carbonyl (C=O) groups excluding carboxylic acids is 1. The van der Waals surface area contributed by atoms with Crippen LogP contribution in [0.1, 0.15) is 13.8 Å². The Bertz CT molecular complexity index is 158. The van der Waals surface area contributed by atoms with Gasteiger partial charge in [0.1, 0.15) is 6.10 Å². The number of rotatable bonds is 2. The molecule has 11 heavy (non-hydrogen) atoms. The topological polar surface area (TPSA) is 49.8 Å². The van der Waals surface area contributed by atoms with Crippen LogP contribution in [-0.4, -0.2) is 41.4 Å². The number of amides is 1. The maximum Gasteiger partial charge on any atom is 0.410 e. The van der Waals surface area contributed by atoms with Gasteiger partial charge in [-0.2, -0.15) is 0 Å². The molecule has 0 aliphatic carbocycles. The Hall–Kier alpha value is -0.770. The van der Waals surface area contributed by atoms with E-state index in [9.17, 15) is 4.79 Å². The fourth-order valence-corrected chi connectivity index (χ4v) is 1.14. The maximum atomic E-state index is 10.9. The van der Waals surface area contributed by atoms with Crippen LogP contribution in [0.25, 0.3) is 0 Å². The summed E-state index contributed by atoms with van der Waals surface area (Å²) in [4.78, 5) is 12.4. The van der Waals surface area contributed by atoms with Crippen molar-refractivity contribution in [2.45, 2.75) is 26.1 Å². The van der Waals surface area contributed by atoms with Crippen molar-refractivity contribution < 1.29 is 14.6 Å². The van der Waals surface area contributed by atoms with Crippen molar-refractivity contribution in [3.63, 3.8) is 0 Å². The van der Waals surface area contributed by atoms with Gasteiger partial charge in [-0.1, -0.05) is 0 Å². The summed E-state index contributed by atoms with van der Waals surface area (Å²) in [5.41, 5.74) is 0. The number of ether oxygens (including phenoxy) is 1. The first-order valence-corrected chi connectivity index (χ1v) is 3.73. The minimum atomic E-state index is -0.479. The second-order valence-electron chi connectivity index (χ2n) is 2.95. The molecular formula is C7H13NO3. The Morgan fingerprint density at radius 1 is 1.91 bits per heavy atom. The van der Waals surface area contributed by atoms with Gasteiger partial charge in [-0.25, -0.2) is 4.79 Å². The molecule has 1 N–H and O–H groups in total. The number of aliphatic hydroxyl groups excluding tert-OH is 1. The third-order valence-electron chi connectivity index (χ3n) is 1.52. The maximum absolute atomic E-state index is 10.9. The molecule has 1 heterocycles. The molecule has 1 aliphatic rings. The fourth-order valence-electron chi connectivity index (χ4n) is 1.14. The fraction of sp³-hybridized carbons (Fsp3) is 0.857. The predicted octanol–water partition coefficient (Wildman–Crippen LogP) is 0.208. The number of hydrogen-bond donors (Lipinski definition) is 1. The molecular weight excluding hydrogens is 146 g/mol. The van der Waals surface area contributed by atoms with Gasteiger partial charge < -0.3 is 14.7 Å². The highest BCUT2D eigenvalue weighted by Gasteiger charge is 2.28. The monoisotopic (exact) mass is 159 g/mol. The van der Waals surface area contributed by atoms with Crippen LogP contribution in [0.5, 0.6) is 0 Å². The molecule has 1 aliphatic heterocycles. The Morgan fingerprint density at radius 3 is 2.91 bits per heavy atom. The number of nitrogens with zero attached hydrogens (tertiary/aromatic N) is 1. The van der Waals surface area contributed by atoms with E-state index in [1.54, 1.807) is 6.92 Å². The summed E-state index contributed by atoms with van der Waals surface area (Å²) in [5.74, 6) is 0. The van der Waals surface area contributed by atoms with Crippen LogP contribution < -0.4 is 0 Å². The summed E-state index contributed by atoms with van der Waals surface area (Å²) in [7, 11) is 0. The lowest BCUT2D eigenvalue weighted by atomic mass is 10.3. The van der Waals surface area contributed by atoms with E-state index in [1.807, 2.05) is 6.92 Å². The molecule has 0 saturated carbocycles. The quantitative estimate of drug-likeness (QED) is 0.626. The second kappa shape index (κ2) is 3.09. The van der Waals surface area contributed by atoms with Crippen molar-refractivity contribution in [1.29, 1.82) is 0 Å². The van der Waals surface area contributed by atoms with Gasteiger partial charge in [-0.15, -0.1) is 0 Å². The number of hydrogen-bond acceptors (Lipinski definition) is 3. The zero-order valence-corrected chi connectivity index (χ0v) is 6.78. The van der Waals surface area contributed by atoms with E-state index in [2.05, 4.69) is 0 Å². The zero-order valence-electron chi connectivity index (χ0n) is 6.78. The van der Waals surface area contributed by atoms with E-state index in [1.165, 1.54) is 4.90 Å². The highest BCUT2D eigenvalue weighted by atomic mass is 16.6. The van der Waals surface area contributed by atoms with Crippen LogP contribution in [0.15, 0.2) is 0 Å². The van der Waals surface area contributed by atoms with E-state index < -0.39 is 6.10 Å². The van der Waals surface area contributed by atoms with Crippen molar-refractivity contribution in [1.82, 2.24) is 4.90 Å². The van der Waals surface area contributed by atoms with Crippen molar-refractivity contribution in [2.24, 2.45) is 0 Å². The molecule has 1 rings (SSSR count). The van der Waals surface area contributed by atoms with E-state index in [-0.39, 0.29) is 12.2 Å².